The van der Waals surface area contributed by atoms with Crippen LogP contribution < -0.4 is 5.43 Å². The molecule has 0 saturated heterocycles. The SMILES string of the molecule is O=c1c2ccc(-c3cccc(-c4cccc(-c5ccc6c7cccc8c9ccccc9n(c6c5)c87)c4)c3)cc2oc2cc(-c3ccc4c5cccc6c7ccccc7n(c4c3)c65)ccc12. The molecule has 4 nitrogen and oxygen atoms in total. The second-order valence-electron chi connectivity index (χ2n) is 17.6. The van der Waals surface area contributed by atoms with Crippen LogP contribution in [-0.4, -0.2) is 8.80 Å². The van der Waals surface area contributed by atoms with E-state index in [0.29, 0.717) is 21.9 Å². The Morgan fingerprint density at radius 1 is 0.262 bits per heavy atom. The summed E-state index contributed by atoms with van der Waals surface area (Å²) in [6.07, 6.45) is 0. The molecular weight excluding hydrogens is 793 g/mol. The topological polar surface area (TPSA) is 39.0 Å². The first-order valence-corrected chi connectivity index (χ1v) is 22.2. The molecule has 15 rings (SSSR count). The molecular formula is C61H34N2O2. The van der Waals surface area contributed by atoms with Crippen molar-refractivity contribution >= 4 is 98.1 Å². The number of hydrogen-bond acceptors (Lipinski definition) is 2. The van der Waals surface area contributed by atoms with Gasteiger partial charge in [0.05, 0.1) is 43.9 Å². The van der Waals surface area contributed by atoms with Crippen LogP contribution in [0.15, 0.2) is 215 Å². The summed E-state index contributed by atoms with van der Waals surface area (Å²) in [7, 11) is 0. The monoisotopic (exact) mass is 826 g/mol. The van der Waals surface area contributed by atoms with E-state index in [4.69, 9.17) is 4.42 Å². The zero-order valence-corrected chi connectivity index (χ0v) is 34.8. The van der Waals surface area contributed by atoms with Crippen molar-refractivity contribution in [3.63, 3.8) is 0 Å². The molecule has 5 heterocycles. The van der Waals surface area contributed by atoms with Crippen LogP contribution in [0.1, 0.15) is 0 Å². The fourth-order valence-electron chi connectivity index (χ4n) is 11.2. The van der Waals surface area contributed by atoms with E-state index in [0.717, 1.165) is 33.4 Å². The summed E-state index contributed by atoms with van der Waals surface area (Å²) in [6, 6.07) is 73.5. The molecule has 4 heteroatoms. The van der Waals surface area contributed by atoms with Gasteiger partial charge in [-0.2, -0.15) is 0 Å². The van der Waals surface area contributed by atoms with Gasteiger partial charge in [-0.15, -0.1) is 0 Å². The van der Waals surface area contributed by atoms with Crippen molar-refractivity contribution in [1.29, 1.82) is 0 Å². The molecule has 5 aromatic heterocycles. The fourth-order valence-corrected chi connectivity index (χ4v) is 11.2. The van der Waals surface area contributed by atoms with Gasteiger partial charge < -0.3 is 13.2 Å². The van der Waals surface area contributed by atoms with Crippen LogP contribution in [0.25, 0.3) is 143 Å². The summed E-state index contributed by atoms with van der Waals surface area (Å²) < 4.78 is 11.5. The predicted octanol–water partition coefficient (Wildman–Crippen LogP) is 15.9. The molecule has 300 valence electrons. The molecule has 0 fully saturated rings. The molecule has 0 N–H and O–H groups in total. The molecule has 10 aromatic carbocycles. The number of hydrogen-bond donors (Lipinski definition) is 0. The van der Waals surface area contributed by atoms with Gasteiger partial charge in [0.25, 0.3) is 0 Å². The molecule has 0 atom stereocenters. The lowest BCUT2D eigenvalue weighted by Gasteiger charge is -2.10. The zero-order valence-electron chi connectivity index (χ0n) is 34.8. The van der Waals surface area contributed by atoms with Gasteiger partial charge in [0.1, 0.15) is 11.2 Å². The molecule has 0 aliphatic carbocycles. The second kappa shape index (κ2) is 12.7. The first kappa shape index (κ1) is 34.8. The third-order valence-electron chi connectivity index (χ3n) is 14.2. The number of benzene rings is 10. The van der Waals surface area contributed by atoms with Crippen LogP contribution in [0.2, 0.25) is 0 Å². The quantitative estimate of drug-likeness (QED) is 0.166. The van der Waals surface area contributed by atoms with Gasteiger partial charge in [-0.1, -0.05) is 146 Å². The van der Waals surface area contributed by atoms with Gasteiger partial charge in [-0.3, -0.25) is 4.79 Å². The number of para-hydroxylation sites is 4. The number of nitrogens with zero attached hydrogens (tertiary/aromatic N) is 2. The van der Waals surface area contributed by atoms with Gasteiger partial charge >= 0.3 is 0 Å². The van der Waals surface area contributed by atoms with Gasteiger partial charge in [-0.25, -0.2) is 0 Å². The molecule has 0 saturated carbocycles. The van der Waals surface area contributed by atoms with E-state index in [9.17, 15) is 4.79 Å². The minimum absolute atomic E-state index is 0.0275. The van der Waals surface area contributed by atoms with E-state index in [2.05, 4.69) is 179 Å². The largest absolute Gasteiger partial charge is 0.456 e. The van der Waals surface area contributed by atoms with Crippen LogP contribution in [0, 0.1) is 0 Å². The van der Waals surface area contributed by atoms with Gasteiger partial charge in [0, 0.05) is 43.1 Å². The summed E-state index contributed by atoms with van der Waals surface area (Å²) in [5.41, 5.74) is 17.2. The Morgan fingerprint density at radius 2 is 0.585 bits per heavy atom. The summed E-state index contributed by atoms with van der Waals surface area (Å²) in [5.74, 6) is 0. The molecule has 0 amide bonds. The van der Waals surface area contributed by atoms with Crippen molar-refractivity contribution in [1.82, 2.24) is 8.80 Å². The lowest BCUT2D eigenvalue weighted by atomic mass is 9.95. The van der Waals surface area contributed by atoms with Crippen molar-refractivity contribution in [3.05, 3.63) is 216 Å². The van der Waals surface area contributed by atoms with Crippen LogP contribution in [0.4, 0.5) is 0 Å². The Hall–Kier alpha value is -8.73. The Morgan fingerprint density at radius 3 is 1.02 bits per heavy atom. The molecule has 15 aromatic rings. The van der Waals surface area contributed by atoms with E-state index in [1.54, 1.807) is 0 Å². The van der Waals surface area contributed by atoms with E-state index in [1.165, 1.54) is 87.3 Å². The highest BCUT2D eigenvalue weighted by molar-refractivity contribution is 6.25. The first-order chi connectivity index (χ1) is 32.1. The maximum Gasteiger partial charge on any atom is 0.200 e. The zero-order chi connectivity index (χ0) is 42.5. The number of fused-ring (bicyclic) bond motifs is 14. The van der Waals surface area contributed by atoms with Crippen molar-refractivity contribution < 1.29 is 4.42 Å². The predicted molar refractivity (Wildman–Crippen MR) is 271 cm³/mol. The maximum atomic E-state index is 14.0. The highest BCUT2D eigenvalue weighted by atomic mass is 16.3. The smallest absolute Gasteiger partial charge is 0.200 e. The van der Waals surface area contributed by atoms with Crippen LogP contribution in [-0.2, 0) is 0 Å². The van der Waals surface area contributed by atoms with Gasteiger partial charge in [0.2, 0.25) is 5.43 Å². The van der Waals surface area contributed by atoms with E-state index in [1.807, 2.05) is 36.4 Å². The average molecular weight is 827 g/mol. The Labute approximate surface area is 370 Å². The normalized spacial score (nSPS) is 12.4. The van der Waals surface area contributed by atoms with E-state index >= 15 is 0 Å². The highest BCUT2D eigenvalue weighted by Gasteiger charge is 2.20. The minimum atomic E-state index is -0.0275. The van der Waals surface area contributed by atoms with Crippen molar-refractivity contribution in [2.24, 2.45) is 0 Å². The summed E-state index contributed by atoms with van der Waals surface area (Å²) >= 11 is 0. The van der Waals surface area contributed by atoms with Crippen LogP contribution in [0.5, 0.6) is 0 Å². The molecule has 0 radical (unpaired) electrons. The van der Waals surface area contributed by atoms with Crippen molar-refractivity contribution in [3.8, 4) is 44.5 Å². The Bertz CT molecular complexity index is 4560. The van der Waals surface area contributed by atoms with Gasteiger partial charge in [-0.05, 0) is 105 Å². The summed E-state index contributed by atoms with van der Waals surface area (Å²) in [5, 5.41) is 11.3. The Balaban J connectivity index is 0.799. The van der Waals surface area contributed by atoms with E-state index < -0.39 is 0 Å². The number of aromatic nitrogens is 2. The van der Waals surface area contributed by atoms with Crippen LogP contribution >= 0.6 is 0 Å². The fraction of sp³-hybridized carbons (Fsp3) is 0. The standard InChI is InChI=1S/C61H34N2O2/c64-61-51-27-23-41(33-57(51)65-58-34-42(24-28-52(58)61)40-22-26-46-50-18-8-16-48-44-14-2-4-20-54(44)63(60(48)50)56(46)32-40)38-12-6-10-36(30-38)35-9-5-11-37(29-35)39-21-25-45-49-17-7-15-47-43-13-1-3-19-53(43)62(59(47)49)55(45)31-39/h1-34H. The van der Waals surface area contributed by atoms with E-state index in [-0.39, 0.29) is 5.43 Å². The molecule has 0 unspecified atom stereocenters. The average Bonchev–Trinajstić information content (AvgIpc) is 4.10. The molecule has 65 heavy (non-hydrogen) atoms. The minimum Gasteiger partial charge on any atom is -0.456 e. The van der Waals surface area contributed by atoms with Crippen LogP contribution in [0.3, 0.4) is 0 Å². The molecule has 0 bridgehead atoms. The number of rotatable bonds is 4. The molecule has 0 aliphatic heterocycles. The lowest BCUT2D eigenvalue weighted by Crippen LogP contribution is -2.02. The maximum absolute atomic E-state index is 14.0. The third kappa shape index (κ3) is 4.77. The Kier molecular flexibility index (Phi) is 6.79. The molecule has 0 aliphatic rings. The molecule has 0 spiro atoms. The summed E-state index contributed by atoms with van der Waals surface area (Å²) in [4.78, 5) is 14.0. The first-order valence-electron chi connectivity index (χ1n) is 22.2. The third-order valence-corrected chi connectivity index (χ3v) is 14.2. The van der Waals surface area contributed by atoms with Crippen molar-refractivity contribution in [2.45, 2.75) is 0 Å². The highest BCUT2D eigenvalue weighted by Crippen LogP contribution is 2.42. The lowest BCUT2D eigenvalue weighted by molar-refractivity contribution is 0.660. The summed E-state index contributed by atoms with van der Waals surface area (Å²) in [6.45, 7) is 0. The second-order valence-corrected chi connectivity index (χ2v) is 17.6. The van der Waals surface area contributed by atoms with Gasteiger partial charge in [0.15, 0.2) is 0 Å². The van der Waals surface area contributed by atoms with Crippen molar-refractivity contribution in [2.75, 3.05) is 0 Å².